The highest BCUT2D eigenvalue weighted by Crippen LogP contribution is 1.94. The first kappa shape index (κ1) is 30.6. The lowest BCUT2D eigenvalue weighted by molar-refractivity contribution is -0.138. The molecule has 0 bridgehead atoms. The van der Waals surface area contributed by atoms with Crippen LogP contribution in [-0.4, -0.2) is 115 Å². The zero-order valence-electron chi connectivity index (χ0n) is 19.0. The summed E-state index contributed by atoms with van der Waals surface area (Å²) in [4.78, 5) is 44.9. The van der Waals surface area contributed by atoms with Gasteiger partial charge in [0.1, 0.15) is 26.0 Å². The number of carboxylic acid groups (broad SMARTS) is 1. The van der Waals surface area contributed by atoms with E-state index in [1.807, 2.05) is 0 Å². The average molecular weight is 481 g/mol. The second-order valence-corrected chi connectivity index (χ2v) is 6.55. The Morgan fingerprint density at radius 3 is 1.76 bits per heavy atom. The minimum atomic E-state index is -1.14. The number of amides is 3. The Morgan fingerprint density at radius 1 is 0.758 bits per heavy atom. The van der Waals surface area contributed by atoms with Gasteiger partial charge in [-0.25, -0.2) is 0 Å². The normalized spacial score (nSPS) is 11.6. The molecule has 6 N–H and O–H groups in total. The molecule has 0 saturated heterocycles. The monoisotopic (exact) mass is 480 g/mol. The first-order valence-corrected chi connectivity index (χ1v) is 10.4. The van der Waals surface area contributed by atoms with Crippen molar-refractivity contribution in [3.05, 3.63) is 0 Å². The van der Waals surface area contributed by atoms with Gasteiger partial charge in [0, 0.05) is 26.6 Å². The van der Waals surface area contributed by atoms with Gasteiger partial charge in [-0.1, -0.05) is 0 Å². The van der Waals surface area contributed by atoms with Crippen molar-refractivity contribution in [3.8, 4) is 0 Å². The molecular weight excluding hydrogens is 444 g/mol. The lowest BCUT2D eigenvalue weighted by Gasteiger charge is -2.09. The molecule has 0 unspecified atom stereocenters. The molecule has 33 heavy (non-hydrogen) atoms. The second kappa shape index (κ2) is 21.5. The highest BCUT2D eigenvalue weighted by molar-refractivity contribution is 5.78. The third-order valence-corrected chi connectivity index (χ3v) is 3.76. The van der Waals surface area contributed by atoms with Crippen LogP contribution in [0.4, 0.5) is 0 Å². The summed E-state index contributed by atoms with van der Waals surface area (Å²) >= 11 is 0. The Balaban J connectivity index is 3.37. The van der Waals surface area contributed by atoms with E-state index in [9.17, 15) is 19.2 Å². The third-order valence-electron chi connectivity index (χ3n) is 3.76. The molecule has 0 spiro atoms. The molecule has 0 aliphatic heterocycles. The van der Waals surface area contributed by atoms with Crippen LogP contribution in [0.15, 0.2) is 0 Å². The average Bonchev–Trinajstić information content (AvgIpc) is 2.79. The number of hydrogen-bond acceptors (Lipinski definition) is 10. The van der Waals surface area contributed by atoms with Crippen molar-refractivity contribution >= 4 is 23.7 Å². The van der Waals surface area contributed by atoms with Crippen LogP contribution in [0, 0.1) is 0 Å². The standard InChI is InChI=1S/C19H36N4O10/c1-29-14-23-18(26)13-33-11-9-31-7-5-22-17(25)12-32-10-8-30-6-4-21-16(24)3-2-15(20)19(27)28/h15H,2-14,20H2,1H3,(H,21,24)(H,22,25)(H,23,26)(H,27,28)/t15-/m0/s1. The van der Waals surface area contributed by atoms with Gasteiger partial charge in [0.15, 0.2) is 0 Å². The van der Waals surface area contributed by atoms with Crippen LogP contribution in [-0.2, 0) is 42.9 Å². The van der Waals surface area contributed by atoms with Gasteiger partial charge >= 0.3 is 5.97 Å². The summed E-state index contributed by atoms with van der Waals surface area (Å²) in [5, 5.41) is 16.3. The van der Waals surface area contributed by atoms with Crippen molar-refractivity contribution in [1.29, 1.82) is 0 Å². The van der Waals surface area contributed by atoms with E-state index >= 15 is 0 Å². The van der Waals surface area contributed by atoms with Gasteiger partial charge in [-0.15, -0.1) is 0 Å². The van der Waals surface area contributed by atoms with Crippen molar-refractivity contribution in [2.24, 2.45) is 5.73 Å². The van der Waals surface area contributed by atoms with Gasteiger partial charge in [0.25, 0.3) is 0 Å². The predicted molar refractivity (Wildman–Crippen MR) is 114 cm³/mol. The number of aliphatic carboxylic acids is 1. The summed E-state index contributed by atoms with van der Waals surface area (Å²) in [6.45, 7) is 2.05. The SMILES string of the molecule is COCNC(=O)COCCOCCNC(=O)COCCOCCNC(=O)CC[C@H](N)C(=O)O. The lowest BCUT2D eigenvalue weighted by atomic mass is 10.1. The maximum absolute atomic E-state index is 11.6. The number of nitrogens with one attached hydrogen (secondary N) is 3. The molecule has 0 saturated carbocycles. The molecule has 0 aliphatic rings. The first-order chi connectivity index (χ1) is 15.9. The molecule has 14 heteroatoms. The van der Waals surface area contributed by atoms with Gasteiger partial charge < -0.3 is 50.5 Å². The number of carbonyl (C=O) groups is 4. The number of ether oxygens (including phenoxy) is 5. The summed E-state index contributed by atoms with van der Waals surface area (Å²) in [5.41, 5.74) is 5.31. The van der Waals surface area contributed by atoms with Crippen molar-refractivity contribution in [1.82, 2.24) is 16.0 Å². The molecule has 0 heterocycles. The number of nitrogens with two attached hydrogens (primary N) is 1. The number of rotatable bonds is 22. The summed E-state index contributed by atoms with van der Waals surface area (Å²) in [6.07, 6.45) is 0.0901. The van der Waals surface area contributed by atoms with Crippen LogP contribution in [0.3, 0.4) is 0 Å². The zero-order valence-corrected chi connectivity index (χ0v) is 19.0. The van der Waals surface area contributed by atoms with Gasteiger partial charge in [0.05, 0.1) is 39.6 Å². The van der Waals surface area contributed by atoms with Crippen LogP contribution in [0.2, 0.25) is 0 Å². The molecule has 0 aliphatic carbocycles. The van der Waals surface area contributed by atoms with Gasteiger partial charge in [-0.05, 0) is 6.42 Å². The largest absolute Gasteiger partial charge is 0.480 e. The van der Waals surface area contributed by atoms with E-state index < -0.39 is 12.0 Å². The van der Waals surface area contributed by atoms with Gasteiger partial charge in [-0.3, -0.25) is 19.2 Å². The molecule has 0 fully saturated rings. The molecular formula is C19H36N4O10. The predicted octanol–water partition coefficient (Wildman–Crippen LogP) is -2.80. The zero-order chi connectivity index (χ0) is 24.7. The van der Waals surface area contributed by atoms with Gasteiger partial charge in [0.2, 0.25) is 17.7 Å². The Bertz CT molecular complexity index is 565. The highest BCUT2D eigenvalue weighted by atomic mass is 16.5. The Hall–Kier alpha value is -2.36. The molecule has 0 radical (unpaired) electrons. The Kier molecular flexibility index (Phi) is 19.9. The fourth-order valence-electron chi connectivity index (χ4n) is 2.05. The topological polar surface area (TPSA) is 197 Å². The van der Waals surface area contributed by atoms with Crippen molar-refractivity contribution in [3.63, 3.8) is 0 Å². The van der Waals surface area contributed by atoms with Crippen LogP contribution < -0.4 is 21.7 Å². The van der Waals surface area contributed by atoms with E-state index in [2.05, 4.69) is 20.7 Å². The fourth-order valence-corrected chi connectivity index (χ4v) is 2.05. The first-order valence-electron chi connectivity index (χ1n) is 10.4. The maximum Gasteiger partial charge on any atom is 0.320 e. The Labute approximate surface area is 192 Å². The molecule has 14 nitrogen and oxygen atoms in total. The van der Waals surface area contributed by atoms with E-state index in [0.717, 1.165) is 0 Å². The second-order valence-electron chi connectivity index (χ2n) is 6.55. The minimum Gasteiger partial charge on any atom is -0.480 e. The Morgan fingerprint density at radius 2 is 1.24 bits per heavy atom. The molecule has 0 aromatic rings. The van der Waals surface area contributed by atoms with E-state index in [1.54, 1.807) is 0 Å². The molecule has 0 aromatic heterocycles. The van der Waals surface area contributed by atoms with Crippen LogP contribution in [0.25, 0.3) is 0 Å². The van der Waals surface area contributed by atoms with Crippen molar-refractivity contribution < 1.29 is 48.0 Å². The number of carboxylic acids is 1. The molecule has 3 amide bonds. The van der Waals surface area contributed by atoms with E-state index in [-0.39, 0.29) is 90.1 Å². The summed E-state index contributed by atoms with van der Waals surface area (Å²) < 4.78 is 25.5. The van der Waals surface area contributed by atoms with Crippen molar-refractivity contribution in [2.45, 2.75) is 18.9 Å². The number of carbonyl (C=O) groups excluding carboxylic acids is 3. The minimum absolute atomic E-state index is 0.0263. The van der Waals surface area contributed by atoms with Crippen molar-refractivity contribution in [2.75, 3.05) is 79.8 Å². The number of hydrogen-bond donors (Lipinski definition) is 5. The molecule has 192 valence electrons. The maximum atomic E-state index is 11.6. The van der Waals surface area contributed by atoms with Gasteiger partial charge in [-0.2, -0.15) is 0 Å². The molecule has 0 aromatic carbocycles. The third kappa shape index (κ3) is 21.3. The van der Waals surface area contributed by atoms with E-state index in [4.69, 9.17) is 29.8 Å². The number of methoxy groups -OCH3 is 1. The highest BCUT2D eigenvalue weighted by Gasteiger charge is 2.13. The smallest absolute Gasteiger partial charge is 0.320 e. The summed E-state index contributed by atoms with van der Waals surface area (Å²) in [5.74, 6) is -2.02. The lowest BCUT2D eigenvalue weighted by Crippen LogP contribution is -2.33. The molecule has 1 atom stereocenters. The van der Waals surface area contributed by atoms with Crippen LogP contribution >= 0.6 is 0 Å². The van der Waals surface area contributed by atoms with E-state index in [0.29, 0.717) is 13.2 Å². The summed E-state index contributed by atoms with van der Waals surface area (Å²) in [7, 11) is 1.47. The fraction of sp³-hybridized carbons (Fsp3) is 0.789. The van der Waals surface area contributed by atoms with Crippen LogP contribution in [0.1, 0.15) is 12.8 Å². The summed E-state index contributed by atoms with van der Waals surface area (Å²) in [6, 6.07) is -1.05. The van der Waals surface area contributed by atoms with Crippen LogP contribution in [0.5, 0.6) is 0 Å². The van der Waals surface area contributed by atoms with E-state index in [1.165, 1.54) is 7.11 Å². The quantitative estimate of drug-likeness (QED) is 0.0792. The molecule has 0 rings (SSSR count).